The summed E-state index contributed by atoms with van der Waals surface area (Å²) in [6, 6.07) is 20.5. The van der Waals surface area contributed by atoms with Crippen molar-refractivity contribution in [3.63, 3.8) is 0 Å². The first-order valence-corrected chi connectivity index (χ1v) is 12.7. The Balaban J connectivity index is 1.71. The molecule has 3 aromatic carbocycles. The third kappa shape index (κ3) is 3.26. The van der Waals surface area contributed by atoms with Crippen LogP contribution in [-0.4, -0.2) is 9.55 Å². The van der Waals surface area contributed by atoms with E-state index in [2.05, 4.69) is 86.9 Å². The van der Waals surface area contributed by atoms with Crippen LogP contribution in [0.15, 0.2) is 54.6 Å². The van der Waals surface area contributed by atoms with Gasteiger partial charge in [-0.05, 0) is 97.2 Å². The first-order valence-electron chi connectivity index (χ1n) is 12.7. The molecule has 0 N–H and O–H groups in total. The van der Waals surface area contributed by atoms with Crippen LogP contribution in [0.1, 0.15) is 91.5 Å². The van der Waals surface area contributed by atoms with Crippen LogP contribution in [0.2, 0.25) is 0 Å². The van der Waals surface area contributed by atoms with Crippen molar-refractivity contribution in [3.8, 4) is 17.1 Å². The van der Waals surface area contributed by atoms with Crippen LogP contribution in [-0.2, 0) is 0 Å². The van der Waals surface area contributed by atoms with Crippen molar-refractivity contribution in [2.45, 2.75) is 77.6 Å². The summed E-state index contributed by atoms with van der Waals surface area (Å²) in [6.07, 6.45) is 6.75. The topological polar surface area (TPSA) is 17.8 Å². The summed E-state index contributed by atoms with van der Waals surface area (Å²) < 4.78 is 2.47. The molecular formula is C31H34N2. The van der Waals surface area contributed by atoms with Gasteiger partial charge in [0.2, 0.25) is 0 Å². The predicted molar refractivity (Wildman–Crippen MR) is 139 cm³/mol. The monoisotopic (exact) mass is 434 g/mol. The molecule has 3 aliphatic carbocycles. The maximum Gasteiger partial charge on any atom is 0.146 e. The Bertz CT molecular complexity index is 1330. The van der Waals surface area contributed by atoms with Gasteiger partial charge in [0.15, 0.2) is 0 Å². The second-order valence-corrected chi connectivity index (χ2v) is 10.6. The van der Waals surface area contributed by atoms with E-state index in [4.69, 9.17) is 4.98 Å². The molecule has 0 saturated heterocycles. The molecule has 1 heterocycles. The molecule has 0 radical (unpaired) electrons. The van der Waals surface area contributed by atoms with Crippen LogP contribution in [0.3, 0.4) is 0 Å². The minimum absolute atomic E-state index is 0.444. The largest absolute Gasteiger partial charge is 0.292 e. The van der Waals surface area contributed by atoms with Gasteiger partial charge in [0, 0.05) is 5.56 Å². The van der Waals surface area contributed by atoms with E-state index < -0.39 is 0 Å². The van der Waals surface area contributed by atoms with Gasteiger partial charge in [0.05, 0.1) is 16.7 Å². The minimum atomic E-state index is 0.444. The molecule has 1 aromatic heterocycles. The van der Waals surface area contributed by atoms with Crippen LogP contribution in [0, 0.1) is 13.8 Å². The molecule has 3 aliphatic rings. The molecule has 2 heteroatoms. The lowest BCUT2D eigenvalue weighted by Crippen LogP contribution is -2.11. The fourth-order valence-corrected chi connectivity index (χ4v) is 6.56. The highest BCUT2D eigenvalue weighted by Crippen LogP contribution is 2.49. The number of nitrogens with zero attached hydrogens (tertiary/aromatic N) is 2. The number of hydrogen-bond acceptors (Lipinski definition) is 1. The number of para-hydroxylation sites is 1. The lowest BCUT2D eigenvalue weighted by atomic mass is 9.78. The predicted octanol–water partition coefficient (Wildman–Crippen LogP) is 8.58. The fourth-order valence-electron chi connectivity index (χ4n) is 6.56. The van der Waals surface area contributed by atoms with E-state index in [0.29, 0.717) is 5.92 Å². The van der Waals surface area contributed by atoms with E-state index in [-0.39, 0.29) is 0 Å². The average Bonchev–Trinajstić information content (AvgIpc) is 2.94. The molecular weight excluding hydrogens is 400 g/mol. The number of fused-ring (bicyclic) bond motifs is 4. The van der Waals surface area contributed by atoms with Gasteiger partial charge in [-0.15, -0.1) is 0 Å². The second kappa shape index (κ2) is 7.87. The average molecular weight is 435 g/mol. The maximum atomic E-state index is 5.37. The van der Waals surface area contributed by atoms with Crippen LogP contribution in [0.4, 0.5) is 0 Å². The van der Waals surface area contributed by atoms with Gasteiger partial charge in [0.25, 0.3) is 0 Å². The molecule has 2 atom stereocenters. The highest BCUT2D eigenvalue weighted by atomic mass is 15.1. The van der Waals surface area contributed by atoms with Gasteiger partial charge in [-0.2, -0.15) is 0 Å². The summed E-state index contributed by atoms with van der Waals surface area (Å²) in [7, 11) is 0. The van der Waals surface area contributed by atoms with E-state index in [1.165, 1.54) is 65.6 Å². The first kappa shape index (κ1) is 20.7. The maximum absolute atomic E-state index is 5.37. The number of benzene rings is 3. The lowest BCUT2D eigenvalue weighted by Gasteiger charge is -2.27. The fraction of sp³-hybridized carbons (Fsp3) is 0.387. The van der Waals surface area contributed by atoms with Crippen LogP contribution in [0.25, 0.3) is 28.1 Å². The normalized spacial score (nSPS) is 19.8. The molecule has 0 aliphatic heterocycles. The Morgan fingerprint density at radius 1 is 0.818 bits per heavy atom. The van der Waals surface area contributed by atoms with Crippen molar-refractivity contribution >= 4 is 11.0 Å². The zero-order valence-electron chi connectivity index (χ0n) is 20.4. The van der Waals surface area contributed by atoms with Crippen molar-refractivity contribution in [2.24, 2.45) is 0 Å². The van der Waals surface area contributed by atoms with Gasteiger partial charge < -0.3 is 0 Å². The van der Waals surface area contributed by atoms with Crippen LogP contribution >= 0.6 is 0 Å². The Labute approximate surface area is 197 Å². The highest BCUT2D eigenvalue weighted by molar-refractivity contribution is 5.86. The van der Waals surface area contributed by atoms with Crippen molar-refractivity contribution in [2.75, 3.05) is 0 Å². The molecule has 2 bridgehead atoms. The standard InChI is InChI=1S/C31H34N2/c1-19(2)24-13-5-6-14-25(24)31-32-28-17-26-22-11-8-12-23(16-15-22)27(26)18-29(28)33(31)30-20(3)9-7-10-21(30)4/h5-7,9-10,13-14,17-19,22-23H,8,11-12,15-16H2,1-4H3. The molecule has 4 aromatic rings. The summed E-state index contributed by atoms with van der Waals surface area (Å²) in [5, 5.41) is 0. The SMILES string of the molecule is Cc1cccc(C)c1-n1c(-c2ccccc2C(C)C)nc2cc3c(cc21)C1CCCC3CC1. The van der Waals surface area contributed by atoms with Crippen LogP contribution in [0.5, 0.6) is 0 Å². The molecule has 33 heavy (non-hydrogen) atoms. The highest BCUT2D eigenvalue weighted by Gasteiger charge is 2.32. The van der Waals surface area contributed by atoms with Gasteiger partial charge in [-0.1, -0.05) is 62.7 Å². The van der Waals surface area contributed by atoms with Crippen molar-refractivity contribution < 1.29 is 0 Å². The van der Waals surface area contributed by atoms with Gasteiger partial charge in [0.1, 0.15) is 5.82 Å². The Hall–Kier alpha value is -2.87. The van der Waals surface area contributed by atoms with Crippen molar-refractivity contribution in [1.82, 2.24) is 9.55 Å². The summed E-state index contributed by atoms with van der Waals surface area (Å²) in [6.45, 7) is 9.03. The quantitative estimate of drug-likeness (QED) is 0.316. The zero-order chi connectivity index (χ0) is 22.7. The second-order valence-electron chi connectivity index (χ2n) is 10.6. The number of aromatic nitrogens is 2. The number of rotatable bonds is 3. The van der Waals surface area contributed by atoms with Crippen LogP contribution < -0.4 is 0 Å². The summed E-state index contributed by atoms with van der Waals surface area (Å²) >= 11 is 0. The van der Waals surface area contributed by atoms with E-state index in [9.17, 15) is 0 Å². The molecule has 0 spiro atoms. The summed E-state index contributed by atoms with van der Waals surface area (Å²) in [4.78, 5) is 5.37. The smallest absolute Gasteiger partial charge is 0.146 e. The Kier molecular flexibility index (Phi) is 4.94. The lowest BCUT2D eigenvalue weighted by molar-refractivity contribution is 0.528. The van der Waals surface area contributed by atoms with E-state index in [0.717, 1.165) is 23.2 Å². The summed E-state index contributed by atoms with van der Waals surface area (Å²) in [5.74, 6) is 2.97. The Morgan fingerprint density at radius 3 is 2.18 bits per heavy atom. The number of hydrogen-bond donors (Lipinski definition) is 0. The molecule has 1 fully saturated rings. The molecule has 1 saturated carbocycles. The molecule has 7 rings (SSSR count). The van der Waals surface area contributed by atoms with Gasteiger partial charge in [-0.25, -0.2) is 4.98 Å². The van der Waals surface area contributed by atoms with Gasteiger partial charge in [-0.3, -0.25) is 4.57 Å². The molecule has 2 unspecified atom stereocenters. The Morgan fingerprint density at radius 2 is 1.48 bits per heavy atom. The minimum Gasteiger partial charge on any atom is -0.292 e. The third-order valence-corrected chi connectivity index (χ3v) is 8.19. The first-order chi connectivity index (χ1) is 16.0. The molecule has 0 amide bonds. The van der Waals surface area contributed by atoms with Gasteiger partial charge >= 0.3 is 0 Å². The van der Waals surface area contributed by atoms with E-state index in [1.54, 1.807) is 11.1 Å². The molecule has 168 valence electrons. The van der Waals surface area contributed by atoms with E-state index >= 15 is 0 Å². The van der Waals surface area contributed by atoms with Crippen molar-refractivity contribution in [3.05, 3.63) is 82.4 Å². The molecule has 2 nitrogen and oxygen atoms in total. The number of imidazole rings is 1. The van der Waals surface area contributed by atoms with Crippen molar-refractivity contribution in [1.29, 1.82) is 0 Å². The third-order valence-electron chi connectivity index (χ3n) is 8.19. The van der Waals surface area contributed by atoms with E-state index in [1.807, 2.05) is 0 Å². The number of aryl methyl sites for hydroxylation is 2. The zero-order valence-corrected chi connectivity index (χ0v) is 20.4. The summed E-state index contributed by atoms with van der Waals surface area (Å²) in [5.41, 5.74) is 12.1.